The third-order valence-corrected chi connectivity index (χ3v) is 4.08. The minimum atomic E-state index is -0.0856. The predicted octanol–water partition coefficient (Wildman–Crippen LogP) is 1.59. The van der Waals surface area contributed by atoms with Crippen molar-refractivity contribution < 1.29 is 5.21 Å². The Bertz CT molecular complexity index is 429. The molecule has 4 N–H and O–H groups in total. The van der Waals surface area contributed by atoms with E-state index in [2.05, 4.69) is 15.4 Å². The highest BCUT2D eigenvalue weighted by Crippen LogP contribution is 2.14. The van der Waals surface area contributed by atoms with Gasteiger partial charge in [-0.15, -0.1) is 0 Å². The van der Waals surface area contributed by atoms with E-state index >= 15 is 0 Å². The van der Waals surface area contributed by atoms with Crippen molar-refractivity contribution in [1.29, 1.82) is 0 Å². The molecule has 0 radical (unpaired) electrons. The molecule has 2 rings (SSSR count). The Kier molecular flexibility index (Phi) is 6.50. The highest BCUT2D eigenvalue weighted by atomic mass is 16.4. The Hall–Kier alpha value is -1.59. The average molecular weight is 290 g/mol. The van der Waals surface area contributed by atoms with Crippen LogP contribution in [0.5, 0.6) is 0 Å². The molecule has 1 fully saturated rings. The molecular formula is C16H26N4O. The summed E-state index contributed by atoms with van der Waals surface area (Å²) >= 11 is 0. The fraction of sp³-hybridized carbons (Fsp3) is 0.562. The molecule has 116 valence electrons. The molecule has 0 saturated carbocycles. The lowest BCUT2D eigenvalue weighted by Gasteiger charge is -2.26. The van der Waals surface area contributed by atoms with Crippen molar-refractivity contribution in [2.45, 2.75) is 25.2 Å². The lowest BCUT2D eigenvalue weighted by Crippen LogP contribution is -2.38. The minimum Gasteiger partial charge on any atom is -0.409 e. The molecule has 1 unspecified atom stereocenters. The van der Waals surface area contributed by atoms with Crippen LogP contribution < -0.4 is 11.1 Å². The molecule has 21 heavy (non-hydrogen) atoms. The van der Waals surface area contributed by atoms with Crippen LogP contribution in [-0.4, -0.2) is 48.7 Å². The molecule has 1 aromatic carbocycles. The van der Waals surface area contributed by atoms with E-state index < -0.39 is 0 Å². The second-order valence-corrected chi connectivity index (χ2v) is 5.59. The van der Waals surface area contributed by atoms with Crippen LogP contribution in [0, 0.1) is 0 Å². The molecule has 0 amide bonds. The molecule has 5 heteroatoms. The van der Waals surface area contributed by atoms with Gasteiger partial charge in [-0.3, -0.25) is 0 Å². The zero-order valence-corrected chi connectivity index (χ0v) is 12.5. The Morgan fingerprint density at radius 3 is 2.62 bits per heavy atom. The third kappa shape index (κ3) is 5.02. The summed E-state index contributed by atoms with van der Waals surface area (Å²) < 4.78 is 0. The number of piperidine rings is 1. The number of amidine groups is 1. The number of hydrogen-bond donors (Lipinski definition) is 3. The van der Waals surface area contributed by atoms with Crippen molar-refractivity contribution in [2.75, 3.05) is 32.7 Å². The predicted molar refractivity (Wildman–Crippen MR) is 85.8 cm³/mol. The van der Waals surface area contributed by atoms with E-state index in [1.807, 2.05) is 30.3 Å². The van der Waals surface area contributed by atoms with Gasteiger partial charge in [0.2, 0.25) is 0 Å². The van der Waals surface area contributed by atoms with Crippen LogP contribution in [0.4, 0.5) is 0 Å². The zero-order valence-electron chi connectivity index (χ0n) is 12.5. The maximum atomic E-state index is 8.95. The summed E-state index contributed by atoms with van der Waals surface area (Å²) in [5, 5.41) is 15.6. The normalized spacial score (nSPS) is 18.6. The van der Waals surface area contributed by atoms with E-state index in [9.17, 15) is 0 Å². The first-order valence-electron chi connectivity index (χ1n) is 7.76. The average Bonchev–Trinajstić information content (AvgIpc) is 2.56. The Balaban J connectivity index is 1.79. The van der Waals surface area contributed by atoms with Crippen molar-refractivity contribution in [3.63, 3.8) is 0 Å². The van der Waals surface area contributed by atoms with Gasteiger partial charge in [-0.1, -0.05) is 41.9 Å². The molecular weight excluding hydrogens is 264 g/mol. The largest absolute Gasteiger partial charge is 0.409 e. The van der Waals surface area contributed by atoms with Gasteiger partial charge in [-0.25, -0.2) is 0 Å². The monoisotopic (exact) mass is 290 g/mol. The van der Waals surface area contributed by atoms with Gasteiger partial charge in [0.15, 0.2) is 0 Å². The minimum absolute atomic E-state index is 0.0856. The Morgan fingerprint density at radius 2 is 1.95 bits per heavy atom. The Labute approximate surface area is 126 Å². The fourth-order valence-electron chi connectivity index (χ4n) is 2.81. The molecule has 1 aliphatic heterocycles. The van der Waals surface area contributed by atoms with Crippen molar-refractivity contribution in [3.8, 4) is 0 Å². The molecule has 1 atom stereocenters. The molecule has 1 heterocycles. The number of hydrogen-bond acceptors (Lipinski definition) is 4. The SMILES string of the molecule is NC(=NO)C(CNCCN1CCCCC1)c1ccccc1. The van der Waals surface area contributed by atoms with Gasteiger partial charge in [0.1, 0.15) is 5.84 Å². The number of nitrogens with two attached hydrogens (primary N) is 1. The van der Waals surface area contributed by atoms with E-state index in [-0.39, 0.29) is 11.8 Å². The quantitative estimate of drug-likeness (QED) is 0.234. The van der Waals surface area contributed by atoms with E-state index in [0.29, 0.717) is 6.54 Å². The van der Waals surface area contributed by atoms with Crippen LogP contribution in [0.2, 0.25) is 0 Å². The second kappa shape index (κ2) is 8.64. The number of nitrogens with one attached hydrogen (secondary N) is 1. The molecule has 0 spiro atoms. The van der Waals surface area contributed by atoms with Gasteiger partial charge in [-0.2, -0.15) is 0 Å². The van der Waals surface area contributed by atoms with E-state index in [1.165, 1.54) is 32.4 Å². The van der Waals surface area contributed by atoms with Gasteiger partial charge in [0.25, 0.3) is 0 Å². The zero-order chi connectivity index (χ0) is 14.9. The number of likely N-dealkylation sites (tertiary alicyclic amines) is 1. The maximum absolute atomic E-state index is 8.95. The van der Waals surface area contributed by atoms with Gasteiger partial charge < -0.3 is 21.2 Å². The topological polar surface area (TPSA) is 73.9 Å². The molecule has 1 aromatic rings. The molecule has 5 nitrogen and oxygen atoms in total. The number of oxime groups is 1. The highest BCUT2D eigenvalue weighted by Gasteiger charge is 2.16. The van der Waals surface area contributed by atoms with Crippen molar-refractivity contribution >= 4 is 5.84 Å². The first-order valence-corrected chi connectivity index (χ1v) is 7.76. The summed E-state index contributed by atoms with van der Waals surface area (Å²) in [6.45, 7) is 5.11. The summed E-state index contributed by atoms with van der Waals surface area (Å²) in [6, 6.07) is 9.93. The van der Waals surface area contributed by atoms with E-state index in [1.54, 1.807) is 0 Å². The molecule has 0 bridgehead atoms. The van der Waals surface area contributed by atoms with Gasteiger partial charge in [0, 0.05) is 19.6 Å². The molecule has 0 aromatic heterocycles. The van der Waals surface area contributed by atoms with Crippen molar-refractivity contribution in [3.05, 3.63) is 35.9 Å². The summed E-state index contributed by atoms with van der Waals surface area (Å²) in [7, 11) is 0. The van der Waals surface area contributed by atoms with Crippen LogP contribution in [0.15, 0.2) is 35.5 Å². The van der Waals surface area contributed by atoms with Crippen molar-refractivity contribution in [2.24, 2.45) is 10.9 Å². The summed E-state index contributed by atoms with van der Waals surface area (Å²) in [5.74, 6) is 0.171. The maximum Gasteiger partial charge on any atom is 0.147 e. The lowest BCUT2D eigenvalue weighted by atomic mass is 9.98. The third-order valence-electron chi connectivity index (χ3n) is 4.08. The molecule has 1 aliphatic rings. The standard InChI is InChI=1S/C16H26N4O/c17-16(19-21)15(14-7-3-1-4-8-14)13-18-9-12-20-10-5-2-6-11-20/h1,3-4,7-8,15,18,21H,2,5-6,9-13H2,(H2,17,19). The van der Waals surface area contributed by atoms with Gasteiger partial charge in [0.05, 0.1) is 5.92 Å². The first-order chi connectivity index (χ1) is 10.3. The van der Waals surface area contributed by atoms with E-state index in [0.717, 1.165) is 18.7 Å². The van der Waals surface area contributed by atoms with Crippen LogP contribution >= 0.6 is 0 Å². The number of nitrogens with zero attached hydrogens (tertiary/aromatic N) is 2. The number of rotatable bonds is 7. The highest BCUT2D eigenvalue weighted by molar-refractivity contribution is 5.87. The lowest BCUT2D eigenvalue weighted by molar-refractivity contribution is 0.229. The summed E-state index contributed by atoms with van der Waals surface area (Å²) in [6.07, 6.45) is 4.00. The summed E-state index contributed by atoms with van der Waals surface area (Å²) in [5.41, 5.74) is 6.89. The van der Waals surface area contributed by atoms with Gasteiger partial charge in [-0.05, 0) is 31.5 Å². The smallest absolute Gasteiger partial charge is 0.147 e. The molecule has 0 aliphatic carbocycles. The van der Waals surface area contributed by atoms with Crippen LogP contribution in [0.1, 0.15) is 30.7 Å². The Morgan fingerprint density at radius 1 is 1.24 bits per heavy atom. The van der Waals surface area contributed by atoms with Crippen LogP contribution in [0.25, 0.3) is 0 Å². The second-order valence-electron chi connectivity index (χ2n) is 5.59. The van der Waals surface area contributed by atoms with Gasteiger partial charge >= 0.3 is 0 Å². The fourth-order valence-corrected chi connectivity index (χ4v) is 2.81. The van der Waals surface area contributed by atoms with Crippen LogP contribution in [0.3, 0.4) is 0 Å². The molecule has 1 saturated heterocycles. The van der Waals surface area contributed by atoms with Crippen molar-refractivity contribution in [1.82, 2.24) is 10.2 Å². The first kappa shape index (κ1) is 15.8. The summed E-state index contributed by atoms with van der Waals surface area (Å²) in [4.78, 5) is 2.50. The van der Waals surface area contributed by atoms with Crippen LogP contribution in [-0.2, 0) is 0 Å². The number of benzene rings is 1. The van der Waals surface area contributed by atoms with E-state index in [4.69, 9.17) is 10.9 Å².